The van der Waals surface area contributed by atoms with Gasteiger partial charge in [0.25, 0.3) is 0 Å². The van der Waals surface area contributed by atoms with Crippen molar-refractivity contribution in [3.63, 3.8) is 0 Å². The molecule has 0 aliphatic carbocycles. The van der Waals surface area contributed by atoms with Gasteiger partial charge < -0.3 is 9.63 Å². The summed E-state index contributed by atoms with van der Waals surface area (Å²) in [7, 11) is -2.31. The normalized spacial score (nSPS) is 35.8. The molecule has 36 valence electrons. The monoisotopic (exact) mass is 108 g/mol. The van der Waals surface area contributed by atoms with Gasteiger partial charge in [0.05, 0.1) is 6.61 Å². The lowest BCUT2D eigenvalue weighted by Crippen LogP contribution is -1.67. The van der Waals surface area contributed by atoms with Crippen molar-refractivity contribution in [1.29, 1.82) is 0 Å². The van der Waals surface area contributed by atoms with E-state index in [0.29, 0.717) is 6.61 Å². The topological polar surface area (TPSA) is 49.8 Å². The zero-order valence-corrected chi connectivity index (χ0v) is 4.05. The van der Waals surface area contributed by atoms with Crippen molar-refractivity contribution in [2.45, 2.75) is 5.85 Å². The predicted octanol–water partition coefficient (Wildman–Crippen LogP) is -0.190. The number of hydrogen-bond donors (Lipinski definition) is 1. The van der Waals surface area contributed by atoms with E-state index in [9.17, 15) is 4.57 Å². The fraction of sp³-hybridized carbons (Fsp3) is 1.00. The molecule has 1 fully saturated rings. The van der Waals surface area contributed by atoms with Crippen LogP contribution in [0, 0.1) is 0 Å². The molecule has 0 aromatic rings. The first-order valence-electron chi connectivity index (χ1n) is 1.65. The molecule has 2 atom stereocenters. The van der Waals surface area contributed by atoms with Crippen LogP contribution in [0.2, 0.25) is 0 Å². The SMILES string of the molecule is O=[PH](O)C1CO1. The van der Waals surface area contributed by atoms with Crippen molar-refractivity contribution in [1.82, 2.24) is 0 Å². The largest absolute Gasteiger partial charge is 0.363 e. The molecule has 1 N–H and O–H groups in total. The van der Waals surface area contributed by atoms with Crippen molar-refractivity contribution >= 4 is 8.03 Å². The van der Waals surface area contributed by atoms with Crippen LogP contribution >= 0.6 is 8.03 Å². The lowest BCUT2D eigenvalue weighted by molar-refractivity contribution is 0.423. The Bertz CT molecular complexity index is 76.9. The standard InChI is InChI=1S/C2H5O3P/c3-6(4)2-1-5-2/h2,6H,1H2,(H,3,4). The summed E-state index contributed by atoms with van der Waals surface area (Å²) in [5, 5.41) is 0. The minimum atomic E-state index is -2.31. The second kappa shape index (κ2) is 1.34. The van der Waals surface area contributed by atoms with Crippen LogP contribution in [0.3, 0.4) is 0 Å². The van der Waals surface area contributed by atoms with Gasteiger partial charge in [-0.05, 0) is 0 Å². The first kappa shape index (κ1) is 4.31. The molecule has 3 nitrogen and oxygen atoms in total. The van der Waals surface area contributed by atoms with Crippen LogP contribution < -0.4 is 0 Å². The van der Waals surface area contributed by atoms with Crippen molar-refractivity contribution in [2.75, 3.05) is 6.61 Å². The summed E-state index contributed by atoms with van der Waals surface area (Å²) >= 11 is 0. The fourth-order valence-electron chi connectivity index (χ4n) is 0.191. The molecule has 1 aliphatic rings. The molecule has 2 unspecified atom stereocenters. The molecule has 1 heterocycles. The Morgan fingerprint density at radius 2 is 2.50 bits per heavy atom. The highest BCUT2D eigenvalue weighted by atomic mass is 31.1. The quantitative estimate of drug-likeness (QED) is 0.374. The molecule has 6 heavy (non-hydrogen) atoms. The molecule has 4 heteroatoms. The number of rotatable bonds is 1. The number of epoxide rings is 1. The highest BCUT2D eigenvalue weighted by molar-refractivity contribution is 7.39. The van der Waals surface area contributed by atoms with Crippen molar-refractivity contribution < 1.29 is 14.2 Å². The third kappa shape index (κ3) is 0.805. The van der Waals surface area contributed by atoms with Gasteiger partial charge in [0.2, 0.25) is 8.03 Å². The Kier molecular flexibility index (Phi) is 0.960. The first-order chi connectivity index (χ1) is 2.80. The fourth-order valence-corrected chi connectivity index (χ4v) is 0.572. The Morgan fingerprint density at radius 3 is 2.50 bits per heavy atom. The molecule has 0 aromatic carbocycles. The first-order valence-corrected chi connectivity index (χ1v) is 3.08. The smallest absolute Gasteiger partial charge is 0.219 e. The Balaban J connectivity index is 2.31. The molecule has 0 saturated carbocycles. The predicted molar refractivity (Wildman–Crippen MR) is 21.0 cm³/mol. The summed E-state index contributed by atoms with van der Waals surface area (Å²) in [6.07, 6.45) is 0. The maximum Gasteiger partial charge on any atom is 0.219 e. The average Bonchev–Trinajstić information content (AvgIpc) is 2.06. The summed E-state index contributed by atoms with van der Waals surface area (Å²) in [5.41, 5.74) is 0. The molecule has 0 aromatic heterocycles. The molecule has 0 radical (unpaired) electrons. The van der Waals surface area contributed by atoms with Gasteiger partial charge in [-0.1, -0.05) is 0 Å². The zero-order chi connectivity index (χ0) is 4.57. The van der Waals surface area contributed by atoms with Gasteiger partial charge in [0.15, 0.2) is 5.85 Å². The van der Waals surface area contributed by atoms with Gasteiger partial charge in [-0.3, -0.25) is 4.57 Å². The van der Waals surface area contributed by atoms with E-state index in [2.05, 4.69) is 4.74 Å². The van der Waals surface area contributed by atoms with Gasteiger partial charge in [-0.2, -0.15) is 0 Å². The molecule has 0 bridgehead atoms. The third-order valence-electron chi connectivity index (χ3n) is 0.609. The van der Waals surface area contributed by atoms with Crippen LogP contribution in [0.4, 0.5) is 0 Å². The van der Waals surface area contributed by atoms with Gasteiger partial charge >= 0.3 is 0 Å². The molecular weight excluding hydrogens is 103 g/mol. The van der Waals surface area contributed by atoms with E-state index in [-0.39, 0.29) is 5.85 Å². The van der Waals surface area contributed by atoms with E-state index in [1.54, 1.807) is 0 Å². The molecule has 1 rings (SSSR count). The Hall–Kier alpha value is 0.150. The number of ether oxygens (including phenoxy) is 1. The number of hydrogen-bond acceptors (Lipinski definition) is 2. The van der Waals surface area contributed by atoms with E-state index in [1.165, 1.54) is 0 Å². The van der Waals surface area contributed by atoms with Crippen LogP contribution in [-0.4, -0.2) is 17.3 Å². The molecule has 1 saturated heterocycles. The third-order valence-corrected chi connectivity index (χ3v) is 1.49. The summed E-state index contributed by atoms with van der Waals surface area (Å²) in [5.74, 6) is -0.296. The summed E-state index contributed by atoms with van der Waals surface area (Å²) in [6.45, 7) is 0.480. The molecular formula is C2H5O3P. The molecule has 0 spiro atoms. The van der Waals surface area contributed by atoms with Crippen LogP contribution in [0.25, 0.3) is 0 Å². The van der Waals surface area contributed by atoms with E-state index < -0.39 is 8.03 Å². The van der Waals surface area contributed by atoms with Gasteiger partial charge in [0, 0.05) is 0 Å². The van der Waals surface area contributed by atoms with Crippen LogP contribution in [0.15, 0.2) is 0 Å². The highest BCUT2D eigenvalue weighted by Gasteiger charge is 2.27. The maximum absolute atomic E-state index is 9.82. The lowest BCUT2D eigenvalue weighted by atomic mass is 11.0. The Labute approximate surface area is 35.8 Å². The van der Waals surface area contributed by atoms with Gasteiger partial charge in [-0.25, -0.2) is 0 Å². The summed E-state index contributed by atoms with van der Waals surface area (Å²) in [6, 6.07) is 0. The van der Waals surface area contributed by atoms with Crippen molar-refractivity contribution in [2.24, 2.45) is 0 Å². The Morgan fingerprint density at radius 1 is 2.00 bits per heavy atom. The molecule has 0 amide bonds. The van der Waals surface area contributed by atoms with E-state index in [0.717, 1.165) is 0 Å². The second-order valence-corrected chi connectivity index (χ2v) is 2.48. The summed E-state index contributed by atoms with van der Waals surface area (Å²) in [4.78, 5) is 8.11. The zero-order valence-electron chi connectivity index (χ0n) is 3.05. The maximum atomic E-state index is 9.82. The lowest BCUT2D eigenvalue weighted by Gasteiger charge is -1.74. The molecule has 1 aliphatic heterocycles. The second-order valence-electron chi connectivity index (χ2n) is 1.16. The minimum absolute atomic E-state index is 0.296. The van der Waals surface area contributed by atoms with Crippen molar-refractivity contribution in [3.8, 4) is 0 Å². The minimum Gasteiger partial charge on any atom is -0.363 e. The average molecular weight is 108 g/mol. The summed E-state index contributed by atoms with van der Waals surface area (Å²) < 4.78 is 14.3. The highest BCUT2D eigenvalue weighted by Crippen LogP contribution is 2.32. The van der Waals surface area contributed by atoms with Crippen LogP contribution in [0.5, 0.6) is 0 Å². The van der Waals surface area contributed by atoms with E-state index in [1.807, 2.05) is 0 Å². The van der Waals surface area contributed by atoms with E-state index in [4.69, 9.17) is 4.89 Å². The van der Waals surface area contributed by atoms with Crippen molar-refractivity contribution in [3.05, 3.63) is 0 Å². The van der Waals surface area contributed by atoms with Crippen LogP contribution in [-0.2, 0) is 9.30 Å². The van der Waals surface area contributed by atoms with Gasteiger partial charge in [-0.15, -0.1) is 0 Å². The van der Waals surface area contributed by atoms with Crippen LogP contribution in [0.1, 0.15) is 0 Å². The van der Waals surface area contributed by atoms with E-state index >= 15 is 0 Å². The van der Waals surface area contributed by atoms with Gasteiger partial charge in [0.1, 0.15) is 0 Å².